The van der Waals surface area contributed by atoms with Gasteiger partial charge in [0.25, 0.3) is 6.47 Å². The zero-order valence-corrected chi connectivity index (χ0v) is 43.1. The summed E-state index contributed by atoms with van der Waals surface area (Å²) >= 11 is 10.7. The van der Waals surface area contributed by atoms with Gasteiger partial charge in [-0.3, -0.25) is 4.79 Å². The molecule has 0 aliphatic heterocycles. The maximum absolute atomic E-state index is 13.5. The summed E-state index contributed by atoms with van der Waals surface area (Å²) in [5.74, 6) is -2.35. The van der Waals surface area contributed by atoms with Gasteiger partial charge in [0.15, 0.2) is 23.1 Å². The Morgan fingerprint density at radius 1 is 0.647 bits per heavy atom. The van der Waals surface area contributed by atoms with E-state index in [-0.39, 0.29) is 146 Å². The van der Waals surface area contributed by atoms with E-state index in [4.69, 9.17) is 29.4 Å². The van der Waals surface area contributed by atoms with E-state index in [2.05, 4.69) is 20.8 Å². The molecule has 0 aliphatic carbocycles. The number of ether oxygens (including phenoxy) is 3. The fourth-order valence-corrected chi connectivity index (χ4v) is 5.81. The number of phenolic OH excluding ortho intramolecular Hbond substituents is 1. The van der Waals surface area contributed by atoms with Crippen LogP contribution in [0.4, 0.5) is 26.3 Å². The van der Waals surface area contributed by atoms with Gasteiger partial charge in [-0.2, -0.15) is 0 Å². The molecule has 0 radical (unpaired) electrons. The minimum Gasteiger partial charge on any atom is -1.00 e. The Labute approximate surface area is 440 Å². The van der Waals surface area contributed by atoms with Gasteiger partial charge < -0.3 is 30.9 Å². The molecule has 0 bridgehead atoms. The summed E-state index contributed by atoms with van der Waals surface area (Å²) in [6, 6.07) is 12.1. The van der Waals surface area contributed by atoms with Crippen molar-refractivity contribution in [2.75, 3.05) is 25.2 Å². The van der Waals surface area contributed by atoms with E-state index in [1.54, 1.807) is 6.07 Å². The molecule has 270 valence electrons. The van der Waals surface area contributed by atoms with E-state index in [1.807, 2.05) is 90.4 Å². The van der Waals surface area contributed by atoms with E-state index >= 15 is 0 Å². The first-order chi connectivity index (χ1) is 23.2. The van der Waals surface area contributed by atoms with E-state index in [9.17, 15) is 26.3 Å². The average molecular weight is 1290 g/mol. The van der Waals surface area contributed by atoms with Crippen LogP contribution in [0.15, 0.2) is 60.7 Å². The van der Waals surface area contributed by atoms with Crippen molar-refractivity contribution in [3.63, 3.8) is 0 Å². The minimum absolute atomic E-state index is 0. The van der Waals surface area contributed by atoms with Crippen molar-refractivity contribution >= 4 is 113 Å². The molecule has 0 atom stereocenters. The number of rotatable bonds is 11. The topological polar surface area (TPSA) is 97.3 Å². The van der Waals surface area contributed by atoms with E-state index in [0.29, 0.717) is 39.7 Å². The number of aromatic hydroxyl groups is 1. The number of hydrogen-bond acceptors (Lipinski definition) is 7. The Bertz CT molecular complexity index is 1600. The molecular weight excluding hydrogens is 1260 g/mol. The van der Waals surface area contributed by atoms with Crippen LogP contribution in [0, 0.1) is 49.2 Å². The number of phenols is 1. The smallest absolute Gasteiger partial charge is 1.00 e. The Morgan fingerprint density at radius 2 is 1.06 bits per heavy atom. The summed E-state index contributed by atoms with van der Waals surface area (Å²) in [4.78, 5) is 11.2. The van der Waals surface area contributed by atoms with Crippen molar-refractivity contribution in [2.24, 2.45) is 0 Å². The molecule has 7 nitrogen and oxygen atoms in total. The molecule has 0 aliphatic rings. The van der Waals surface area contributed by atoms with Gasteiger partial charge in [-0.15, -0.1) is 0 Å². The molecule has 4 rings (SSSR count). The number of alkyl halides is 1. The van der Waals surface area contributed by atoms with Gasteiger partial charge >= 0.3 is 103 Å². The molecule has 0 fully saturated rings. The Morgan fingerprint density at radius 3 is 1.45 bits per heavy atom. The molecule has 4 aromatic rings. The summed E-state index contributed by atoms with van der Waals surface area (Å²) in [6.07, 6.45) is 1.30. The van der Waals surface area contributed by atoms with Gasteiger partial charge in [0.2, 0.25) is 0 Å². The van der Waals surface area contributed by atoms with Gasteiger partial charge in [-0.1, -0.05) is 15.9 Å². The molecule has 0 saturated heterocycles. The molecule has 51 heavy (non-hydrogen) atoms. The summed E-state index contributed by atoms with van der Waals surface area (Å²) in [6.45, 7) is 0.821. The van der Waals surface area contributed by atoms with Crippen LogP contribution < -0.4 is 122 Å². The number of halogens is 11. The predicted molar refractivity (Wildman–Crippen MR) is 206 cm³/mol. The van der Waals surface area contributed by atoms with E-state index in [1.165, 1.54) is 42.5 Å². The van der Waals surface area contributed by atoms with Gasteiger partial charge in [0.05, 0.1) is 34.1 Å². The maximum Gasteiger partial charge on any atom is 1.00 e. The number of carbonyl (C=O) groups excluding carboxylic acids is 1. The van der Waals surface area contributed by atoms with Crippen molar-refractivity contribution in [1.29, 1.82) is 0 Å². The third-order valence-electron chi connectivity index (χ3n) is 5.09. The Balaban J connectivity index is -0.000000689. The van der Waals surface area contributed by atoms with Gasteiger partial charge in [0, 0.05) is 23.9 Å². The molecule has 0 spiro atoms. The van der Waals surface area contributed by atoms with Crippen LogP contribution in [0.3, 0.4) is 0 Å². The largest absolute Gasteiger partial charge is 1.00 e. The van der Waals surface area contributed by atoms with Gasteiger partial charge in [-0.25, -0.2) is 26.3 Å². The molecule has 4 aromatic carbocycles. The molecular formula is C31H25BrF6I4K2O7. The van der Waals surface area contributed by atoms with Crippen LogP contribution in [0.1, 0.15) is 14.3 Å². The summed E-state index contributed by atoms with van der Waals surface area (Å²) in [5, 5.41) is 18.1. The van der Waals surface area contributed by atoms with Crippen LogP contribution >= 0.6 is 106 Å². The zero-order chi connectivity index (χ0) is 36.9. The molecule has 1 N–H and O–H groups in total. The third kappa shape index (κ3) is 23.6. The third-order valence-corrected chi connectivity index (χ3v) is 8.96. The first-order valence-corrected chi connectivity index (χ1v) is 18.7. The standard InChI is InChI=1S/C15H11F3I2O2.C9H8BrF2IO.C6H4FIO.CH2O3.2K.H/c16-9-2-3-14(12(19)7-9)21-4-1-5-22-15-11(18)6-10(17)8-13(15)20;10-2-1-3-14-9-7(12)4-6(11)5-8(9)13;7-4-1-2-6(9)5(8)3-4;2-1-4-3;;;/h2-3,6-8H,1,4-5H2;4-5H,1-3H2;1-3,9H;1,3H;;;/q;;;;2*+1;-1/p-1. The van der Waals surface area contributed by atoms with Crippen LogP contribution in [0.25, 0.3) is 0 Å². The van der Waals surface area contributed by atoms with Crippen LogP contribution in [-0.4, -0.2) is 36.7 Å². The van der Waals surface area contributed by atoms with Crippen molar-refractivity contribution in [3.05, 3.63) is 110 Å². The Hall–Kier alpha value is 1.76. The maximum atomic E-state index is 13.5. The molecule has 0 unspecified atom stereocenters. The van der Waals surface area contributed by atoms with Crippen molar-refractivity contribution in [1.82, 2.24) is 0 Å². The summed E-state index contributed by atoms with van der Waals surface area (Å²) in [5.41, 5.74) is 0. The number of hydrogen-bond donors (Lipinski definition) is 1. The average Bonchev–Trinajstić information content (AvgIpc) is 3.03. The first-order valence-electron chi connectivity index (χ1n) is 13.3. The van der Waals surface area contributed by atoms with Gasteiger partial charge in [0.1, 0.15) is 34.8 Å². The van der Waals surface area contributed by atoms with Crippen LogP contribution in [0.5, 0.6) is 23.0 Å². The number of benzene rings is 4. The first kappa shape index (κ1) is 54.9. The molecule has 0 amide bonds. The molecule has 0 aromatic heterocycles. The fourth-order valence-electron chi connectivity index (χ4n) is 3.05. The van der Waals surface area contributed by atoms with Crippen molar-refractivity contribution in [2.45, 2.75) is 12.8 Å². The van der Waals surface area contributed by atoms with Gasteiger partial charge in [-0.05, 0) is 145 Å². The molecule has 0 saturated carbocycles. The molecule has 20 heteroatoms. The van der Waals surface area contributed by atoms with E-state index in [0.717, 1.165) is 23.9 Å². The quantitative estimate of drug-likeness (QED) is 0.0359. The predicted octanol–water partition coefficient (Wildman–Crippen LogP) is 3.59. The normalized spacial score (nSPS) is 9.49. The van der Waals surface area contributed by atoms with Crippen LogP contribution in [0.2, 0.25) is 0 Å². The summed E-state index contributed by atoms with van der Waals surface area (Å²) in [7, 11) is 0. The minimum atomic E-state index is -0.724. The van der Waals surface area contributed by atoms with E-state index < -0.39 is 23.3 Å². The van der Waals surface area contributed by atoms with Crippen molar-refractivity contribution in [3.8, 4) is 23.0 Å². The Kier molecular flexibility index (Phi) is 34.2. The molecule has 0 heterocycles. The second-order valence-corrected chi connectivity index (χ2v) is 14.1. The second-order valence-electron chi connectivity index (χ2n) is 8.70. The van der Waals surface area contributed by atoms with Crippen LogP contribution in [-0.2, 0) is 9.68 Å². The second kappa shape index (κ2) is 31.8. The monoisotopic (exact) mass is 1290 g/mol. The zero-order valence-electron chi connectivity index (χ0n) is 27.6. The fraction of sp³-hybridized carbons (Fsp3) is 0.194. The number of carbonyl (C=O) groups is 1. The SMILES string of the molecule is Fc1cc(F)c(OCCCBr)c(I)c1.Fc1ccc(OCCCOc2c(F)cc(F)cc2I)c(I)c1.O=CO[O-].Oc1ccc(F)cc1I.[H-].[K+].[K+]. The van der Waals surface area contributed by atoms with Crippen molar-refractivity contribution < 1.29 is 165 Å². The summed E-state index contributed by atoms with van der Waals surface area (Å²) < 4.78 is 95.6.